The van der Waals surface area contributed by atoms with E-state index in [0.29, 0.717) is 6.04 Å². The molecule has 0 radical (unpaired) electrons. The lowest BCUT2D eigenvalue weighted by molar-refractivity contribution is 0.434. The molecule has 5 rings (SSSR count). The van der Waals surface area contributed by atoms with Gasteiger partial charge in [0.25, 0.3) is 0 Å². The number of aromatic amines is 1. The van der Waals surface area contributed by atoms with Gasteiger partial charge in [0.2, 0.25) is 0 Å². The van der Waals surface area contributed by atoms with Crippen molar-refractivity contribution in [2.24, 2.45) is 4.99 Å². The van der Waals surface area contributed by atoms with E-state index in [9.17, 15) is 0 Å². The fourth-order valence-electron chi connectivity index (χ4n) is 4.59. The molecule has 1 fully saturated rings. The molecule has 0 amide bonds. The first-order valence-electron chi connectivity index (χ1n) is 11.1. The molecule has 2 aromatic carbocycles. The highest BCUT2D eigenvalue weighted by Crippen LogP contribution is 2.24. The molecule has 0 saturated heterocycles. The molecule has 0 spiro atoms. The van der Waals surface area contributed by atoms with Crippen molar-refractivity contribution in [1.29, 1.82) is 0 Å². The van der Waals surface area contributed by atoms with Crippen LogP contribution in [0.25, 0.3) is 22.2 Å². The normalized spacial score (nSPS) is 15.8. The van der Waals surface area contributed by atoms with Crippen LogP contribution in [-0.2, 0) is 13.0 Å². The van der Waals surface area contributed by atoms with Gasteiger partial charge in [-0.05, 0) is 49.4 Å². The van der Waals surface area contributed by atoms with Crippen molar-refractivity contribution in [3.63, 3.8) is 0 Å². The Kier molecular flexibility index (Phi) is 5.58. The fourth-order valence-corrected chi connectivity index (χ4v) is 5.59. The van der Waals surface area contributed by atoms with Crippen molar-refractivity contribution in [2.75, 3.05) is 0 Å². The number of aryl methyl sites for hydroxylation is 2. The highest BCUT2D eigenvalue weighted by atomic mass is 32.1. The van der Waals surface area contributed by atoms with Crippen LogP contribution in [0.5, 0.6) is 0 Å². The summed E-state index contributed by atoms with van der Waals surface area (Å²) in [7, 11) is 0. The summed E-state index contributed by atoms with van der Waals surface area (Å²) in [4.78, 5) is 9.83. The molecular formula is C26H29N3S. The molecule has 0 atom stereocenters. The van der Waals surface area contributed by atoms with Crippen molar-refractivity contribution in [1.82, 2.24) is 9.55 Å². The summed E-state index contributed by atoms with van der Waals surface area (Å²) >= 11 is 1.80. The van der Waals surface area contributed by atoms with E-state index in [1.165, 1.54) is 70.2 Å². The standard InChI is InChI=1S/C26H29N3S/c1-19-12-13-24-23(16-19)21(17-27-24)14-15-29-25(20-8-4-2-5-9-20)18-30-26(29)28-22-10-6-3-7-11-22/h2,4-5,8-9,12-13,16-18,22,27H,3,6-7,10-11,14-15H2,1H3. The van der Waals surface area contributed by atoms with Crippen molar-refractivity contribution in [3.8, 4) is 11.3 Å². The predicted molar refractivity (Wildman–Crippen MR) is 127 cm³/mol. The average Bonchev–Trinajstić information content (AvgIpc) is 3.37. The Labute approximate surface area is 182 Å². The van der Waals surface area contributed by atoms with Crippen LogP contribution in [-0.4, -0.2) is 15.6 Å². The van der Waals surface area contributed by atoms with Crippen LogP contribution >= 0.6 is 11.3 Å². The molecule has 3 nitrogen and oxygen atoms in total. The van der Waals surface area contributed by atoms with Crippen LogP contribution in [0.1, 0.15) is 43.2 Å². The van der Waals surface area contributed by atoms with Crippen molar-refractivity contribution >= 4 is 22.2 Å². The first kappa shape index (κ1) is 19.4. The first-order valence-corrected chi connectivity index (χ1v) is 12.0. The Balaban J connectivity index is 1.50. The lowest BCUT2D eigenvalue weighted by Gasteiger charge is -2.17. The van der Waals surface area contributed by atoms with E-state index in [1.54, 1.807) is 11.3 Å². The monoisotopic (exact) mass is 415 g/mol. The van der Waals surface area contributed by atoms with E-state index in [2.05, 4.69) is 76.6 Å². The molecule has 154 valence electrons. The third-order valence-electron chi connectivity index (χ3n) is 6.26. The second-order valence-electron chi connectivity index (χ2n) is 8.46. The topological polar surface area (TPSA) is 33.1 Å². The van der Waals surface area contributed by atoms with Crippen LogP contribution in [0.2, 0.25) is 0 Å². The number of nitrogens with one attached hydrogen (secondary N) is 1. The molecule has 4 aromatic rings. The smallest absolute Gasteiger partial charge is 0.185 e. The van der Waals surface area contributed by atoms with E-state index in [4.69, 9.17) is 4.99 Å². The quantitative estimate of drug-likeness (QED) is 0.387. The van der Waals surface area contributed by atoms with E-state index < -0.39 is 0 Å². The van der Waals surface area contributed by atoms with Gasteiger partial charge in [0.1, 0.15) is 0 Å². The second kappa shape index (κ2) is 8.65. The highest BCUT2D eigenvalue weighted by molar-refractivity contribution is 7.07. The maximum absolute atomic E-state index is 5.21. The van der Waals surface area contributed by atoms with Gasteiger partial charge >= 0.3 is 0 Å². The Bertz CT molecular complexity index is 1190. The van der Waals surface area contributed by atoms with Gasteiger partial charge < -0.3 is 9.55 Å². The zero-order valence-corrected chi connectivity index (χ0v) is 18.4. The number of H-pyrrole nitrogens is 1. The predicted octanol–water partition coefficient (Wildman–Crippen LogP) is 6.48. The number of aromatic nitrogens is 2. The number of hydrogen-bond donors (Lipinski definition) is 1. The summed E-state index contributed by atoms with van der Waals surface area (Å²) in [5.41, 5.74) is 6.47. The lowest BCUT2D eigenvalue weighted by Crippen LogP contribution is -2.22. The maximum Gasteiger partial charge on any atom is 0.185 e. The van der Waals surface area contributed by atoms with E-state index >= 15 is 0 Å². The molecule has 2 heterocycles. The van der Waals surface area contributed by atoms with Gasteiger partial charge in [-0.15, -0.1) is 11.3 Å². The molecule has 4 heteroatoms. The van der Waals surface area contributed by atoms with Crippen LogP contribution in [0.15, 0.2) is 65.1 Å². The highest BCUT2D eigenvalue weighted by Gasteiger charge is 2.14. The zero-order chi connectivity index (χ0) is 20.3. The van der Waals surface area contributed by atoms with E-state index in [1.807, 2.05) is 0 Å². The molecular weight excluding hydrogens is 386 g/mol. The molecule has 0 unspecified atom stereocenters. The molecule has 0 bridgehead atoms. The minimum absolute atomic E-state index is 0.489. The SMILES string of the molecule is Cc1ccc2[nH]cc(CCn3c(-c4ccccc4)csc3=NC3CCCCC3)c2c1. The summed E-state index contributed by atoms with van der Waals surface area (Å²) in [5, 5.41) is 3.63. The average molecular weight is 416 g/mol. The Hall–Kier alpha value is -2.59. The minimum Gasteiger partial charge on any atom is -0.361 e. The number of fused-ring (bicyclic) bond motifs is 1. The van der Waals surface area contributed by atoms with Crippen LogP contribution in [0.3, 0.4) is 0 Å². The summed E-state index contributed by atoms with van der Waals surface area (Å²) in [5.74, 6) is 0. The first-order chi connectivity index (χ1) is 14.8. The summed E-state index contributed by atoms with van der Waals surface area (Å²) in [6.07, 6.45) is 9.65. The molecule has 1 saturated carbocycles. The van der Waals surface area contributed by atoms with E-state index in [-0.39, 0.29) is 0 Å². The molecule has 30 heavy (non-hydrogen) atoms. The van der Waals surface area contributed by atoms with Gasteiger partial charge in [-0.25, -0.2) is 0 Å². The third kappa shape index (κ3) is 4.01. The van der Waals surface area contributed by atoms with Gasteiger partial charge in [-0.3, -0.25) is 4.99 Å². The lowest BCUT2D eigenvalue weighted by atomic mass is 9.96. The maximum atomic E-state index is 5.21. The van der Waals surface area contributed by atoms with Gasteiger partial charge in [-0.2, -0.15) is 0 Å². The molecule has 0 aliphatic heterocycles. The van der Waals surface area contributed by atoms with Crippen molar-refractivity contribution in [2.45, 2.75) is 58.0 Å². The van der Waals surface area contributed by atoms with Gasteiger partial charge in [0, 0.05) is 29.0 Å². The summed E-state index contributed by atoms with van der Waals surface area (Å²) in [6.45, 7) is 3.11. The molecule has 1 aliphatic rings. The molecule has 1 N–H and O–H groups in total. The number of hydrogen-bond acceptors (Lipinski definition) is 2. The van der Waals surface area contributed by atoms with Crippen LogP contribution in [0.4, 0.5) is 0 Å². The van der Waals surface area contributed by atoms with E-state index in [0.717, 1.165) is 13.0 Å². The Morgan fingerprint density at radius 1 is 1.07 bits per heavy atom. The third-order valence-corrected chi connectivity index (χ3v) is 7.14. The number of thiazole rings is 1. The summed E-state index contributed by atoms with van der Waals surface area (Å²) in [6, 6.07) is 17.9. The minimum atomic E-state index is 0.489. The van der Waals surface area contributed by atoms with Gasteiger partial charge in [0.05, 0.1) is 11.7 Å². The summed E-state index contributed by atoms with van der Waals surface area (Å²) < 4.78 is 2.45. The fraction of sp³-hybridized carbons (Fsp3) is 0.346. The van der Waals surface area contributed by atoms with Gasteiger partial charge in [-0.1, -0.05) is 61.2 Å². The number of rotatable bonds is 5. The Morgan fingerprint density at radius 3 is 2.73 bits per heavy atom. The number of benzene rings is 2. The van der Waals surface area contributed by atoms with Crippen LogP contribution in [0, 0.1) is 6.92 Å². The van der Waals surface area contributed by atoms with Crippen LogP contribution < -0.4 is 4.80 Å². The largest absolute Gasteiger partial charge is 0.361 e. The van der Waals surface area contributed by atoms with Gasteiger partial charge in [0.15, 0.2) is 4.80 Å². The second-order valence-corrected chi connectivity index (χ2v) is 9.29. The number of nitrogens with zero attached hydrogens (tertiary/aromatic N) is 2. The molecule has 2 aromatic heterocycles. The Morgan fingerprint density at radius 2 is 1.90 bits per heavy atom. The van der Waals surface area contributed by atoms with Crippen molar-refractivity contribution < 1.29 is 0 Å². The van der Waals surface area contributed by atoms with Crippen molar-refractivity contribution in [3.05, 3.63) is 76.0 Å². The molecule has 1 aliphatic carbocycles. The zero-order valence-electron chi connectivity index (χ0n) is 17.6.